The molecule has 0 aliphatic rings. The van der Waals surface area contributed by atoms with Gasteiger partial charge in [-0.1, -0.05) is 64.0 Å². The van der Waals surface area contributed by atoms with Crippen LogP contribution in [0.1, 0.15) is 90.9 Å². The first-order chi connectivity index (χ1) is 10.6. The molecule has 3 nitrogen and oxygen atoms in total. The molecule has 0 aliphatic heterocycles. The summed E-state index contributed by atoms with van der Waals surface area (Å²) in [7, 11) is 0. The van der Waals surface area contributed by atoms with Crippen LogP contribution in [0.15, 0.2) is 12.2 Å². The molecule has 0 aromatic heterocycles. The summed E-state index contributed by atoms with van der Waals surface area (Å²) in [6.07, 6.45) is 16.6. The van der Waals surface area contributed by atoms with Crippen LogP contribution in [0.4, 0.5) is 0 Å². The van der Waals surface area contributed by atoms with Crippen molar-refractivity contribution in [3.05, 3.63) is 12.2 Å². The van der Waals surface area contributed by atoms with Gasteiger partial charge in [0.05, 0.1) is 0 Å². The van der Waals surface area contributed by atoms with Crippen LogP contribution in [-0.2, 0) is 9.59 Å². The Morgan fingerprint density at radius 1 is 0.955 bits per heavy atom. The smallest absolute Gasteiger partial charge is 0.303 e. The van der Waals surface area contributed by atoms with Crippen LogP contribution in [0.2, 0.25) is 0 Å². The van der Waals surface area contributed by atoms with E-state index in [0.29, 0.717) is 0 Å². The van der Waals surface area contributed by atoms with Gasteiger partial charge in [0.25, 0.3) is 0 Å². The van der Waals surface area contributed by atoms with Crippen molar-refractivity contribution in [3.8, 4) is 0 Å². The maximum Gasteiger partial charge on any atom is 0.303 e. The molecule has 128 valence electrons. The number of carbonyl (C=O) groups is 2. The third kappa shape index (κ3) is 13.8. The molecule has 1 atom stereocenters. The van der Waals surface area contributed by atoms with Crippen molar-refractivity contribution < 1.29 is 14.7 Å². The van der Waals surface area contributed by atoms with E-state index in [2.05, 4.69) is 19.1 Å². The van der Waals surface area contributed by atoms with E-state index >= 15 is 0 Å². The minimum atomic E-state index is -0.697. The first-order valence-electron chi connectivity index (χ1n) is 8.96. The standard InChI is InChI=1S/C19H34O3/c1-3-4-5-11-14-18(17(2)20)15-12-9-7-6-8-10-13-16-19(21)22/h12,15,18H,3-11,13-14,16H2,1-2H3,(H,21,22)/b15-12+. The Labute approximate surface area is 136 Å². The highest BCUT2D eigenvalue weighted by Gasteiger charge is 2.09. The van der Waals surface area contributed by atoms with Crippen molar-refractivity contribution in [2.24, 2.45) is 5.92 Å². The van der Waals surface area contributed by atoms with Gasteiger partial charge in [0.2, 0.25) is 0 Å². The van der Waals surface area contributed by atoms with E-state index < -0.39 is 5.97 Å². The van der Waals surface area contributed by atoms with Gasteiger partial charge in [-0.2, -0.15) is 0 Å². The quantitative estimate of drug-likeness (QED) is 0.319. The van der Waals surface area contributed by atoms with Gasteiger partial charge < -0.3 is 5.11 Å². The van der Waals surface area contributed by atoms with Crippen molar-refractivity contribution in [2.45, 2.75) is 90.9 Å². The maximum atomic E-state index is 11.6. The van der Waals surface area contributed by atoms with Gasteiger partial charge in [0.15, 0.2) is 0 Å². The third-order valence-corrected chi connectivity index (χ3v) is 4.02. The zero-order valence-electron chi connectivity index (χ0n) is 14.5. The molecule has 1 N–H and O–H groups in total. The molecule has 0 aromatic rings. The molecule has 0 spiro atoms. The predicted molar refractivity (Wildman–Crippen MR) is 92.0 cm³/mol. The number of aliphatic carboxylic acids is 1. The summed E-state index contributed by atoms with van der Waals surface area (Å²) in [5.41, 5.74) is 0. The van der Waals surface area contributed by atoms with Gasteiger partial charge in [0, 0.05) is 12.3 Å². The van der Waals surface area contributed by atoms with Crippen LogP contribution in [0.3, 0.4) is 0 Å². The molecule has 0 radical (unpaired) electrons. The highest BCUT2D eigenvalue weighted by atomic mass is 16.4. The Kier molecular flexibility index (Phi) is 14.0. The third-order valence-electron chi connectivity index (χ3n) is 4.02. The molecule has 1 unspecified atom stereocenters. The lowest BCUT2D eigenvalue weighted by Crippen LogP contribution is -2.07. The summed E-state index contributed by atoms with van der Waals surface area (Å²) < 4.78 is 0. The summed E-state index contributed by atoms with van der Waals surface area (Å²) in [6.45, 7) is 3.89. The molecule has 0 heterocycles. The Morgan fingerprint density at radius 3 is 2.23 bits per heavy atom. The number of carboxylic acid groups (broad SMARTS) is 1. The van der Waals surface area contributed by atoms with E-state index in [1.807, 2.05) is 0 Å². The molecular weight excluding hydrogens is 276 g/mol. The summed E-state index contributed by atoms with van der Waals surface area (Å²) in [5, 5.41) is 8.54. The van der Waals surface area contributed by atoms with Crippen molar-refractivity contribution >= 4 is 11.8 Å². The van der Waals surface area contributed by atoms with Crippen LogP contribution in [-0.4, -0.2) is 16.9 Å². The molecule has 0 bridgehead atoms. The lowest BCUT2D eigenvalue weighted by atomic mass is 9.96. The fourth-order valence-electron chi connectivity index (χ4n) is 2.56. The van der Waals surface area contributed by atoms with Gasteiger partial charge in [0.1, 0.15) is 5.78 Å². The average molecular weight is 310 g/mol. The number of allylic oxidation sites excluding steroid dienone is 2. The molecule has 0 saturated heterocycles. The van der Waals surface area contributed by atoms with Crippen molar-refractivity contribution in [3.63, 3.8) is 0 Å². The van der Waals surface area contributed by atoms with E-state index in [0.717, 1.165) is 51.4 Å². The van der Waals surface area contributed by atoms with E-state index in [1.54, 1.807) is 6.92 Å². The fraction of sp³-hybridized carbons (Fsp3) is 0.789. The average Bonchev–Trinajstić information content (AvgIpc) is 2.46. The Balaban J connectivity index is 3.64. The second-order valence-corrected chi connectivity index (χ2v) is 6.19. The topological polar surface area (TPSA) is 54.4 Å². The minimum Gasteiger partial charge on any atom is -0.481 e. The Hall–Kier alpha value is -1.12. The number of rotatable bonds is 15. The molecule has 0 amide bonds. The predicted octanol–water partition coefficient (Wildman–Crippen LogP) is 5.53. The molecule has 0 saturated carbocycles. The first kappa shape index (κ1) is 20.9. The zero-order valence-corrected chi connectivity index (χ0v) is 14.5. The first-order valence-corrected chi connectivity index (χ1v) is 8.96. The summed E-state index contributed by atoms with van der Waals surface area (Å²) in [4.78, 5) is 22.0. The lowest BCUT2D eigenvalue weighted by molar-refractivity contribution is -0.137. The molecule has 0 rings (SSSR count). The highest BCUT2D eigenvalue weighted by Crippen LogP contribution is 2.15. The summed E-state index contributed by atoms with van der Waals surface area (Å²) in [5.74, 6) is -0.314. The molecular formula is C19H34O3. The SMILES string of the molecule is CCCCCCC(/C=C/CCCCCCCC(=O)O)C(C)=O. The van der Waals surface area contributed by atoms with Gasteiger partial charge in [-0.15, -0.1) is 0 Å². The van der Waals surface area contributed by atoms with E-state index in [1.165, 1.54) is 19.3 Å². The van der Waals surface area contributed by atoms with Crippen LogP contribution < -0.4 is 0 Å². The number of ketones is 1. The number of unbranched alkanes of at least 4 members (excludes halogenated alkanes) is 8. The van der Waals surface area contributed by atoms with E-state index in [4.69, 9.17) is 5.11 Å². The minimum absolute atomic E-state index is 0.104. The Bertz CT molecular complexity index is 321. The van der Waals surface area contributed by atoms with Crippen molar-refractivity contribution in [1.29, 1.82) is 0 Å². The van der Waals surface area contributed by atoms with Crippen LogP contribution in [0, 0.1) is 5.92 Å². The van der Waals surface area contributed by atoms with Gasteiger partial charge in [-0.25, -0.2) is 0 Å². The fourth-order valence-corrected chi connectivity index (χ4v) is 2.56. The summed E-state index contributed by atoms with van der Waals surface area (Å²) in [6, 6.07) is 0. The van der Waals surface area contributed by atoms with Gasteiger partial charge >= 0.3 is 5.97 Å². The largest absolute Gasteiger partial charge is 0.481 e. The monoisotopic (exact) mass is 310 g/mol. The van der Waals surface area contributed by atoms with Crippen molar-refractivity contribution in [1.82, 2.24) is 0 Å². The van der Waals surface area contributed by atoms with E-state index in [-0.39, 0.29) is 18.1 Å². The van der Waals surface area contributed by atoms with Crippen molar-refractivity contribution in [2.75, 3.05) is 0 Å². The van der Waals surface area contributed by atoms with Gasteiger partial charge in [-0.05, 0) is 32.6 Å². The number of hydrogen-bond donors (Lipinski definition) is 1. The van der Waals surface area contributed by atoms with Crippen LogP contribution in [0.5, 0.6) is 0 Å². The van der Waals surface area contributed by atoms with Crippen LogP contribution >= 0.6 is 0 Å². The zero-order chi connectivity index (χ0) is 16.6. The molecule has 22 heavy (non-hydrogen) atoms. The summed E-state index contributed by atoms with van der Waals surface area (Å²) >= 11 is 0. The van der Waals surface area contributed by atoms with Crippen LogP contribution in [0.25, 0.3) is 0 Å². The number of carboxylic acids is 1. The molecule has 0 aromatic carbocycles. The second-order valence-electron chi connectivity index (χ2n) is 6.19. The Morgan fingerprint density at radius 2 is 1.59 bits per heavy atom. The highest BCUT2D eigenvalue weighted by molar-refractivity contribution is 5.79. The lowest BCUT2D eigenvalue weighted by Gasteiger charge is -2.08. The number of Topliss-reactive ketones (excluding diaryl/α,β-unsaturated/α-hetero) is 1. The van der Waals surface area contributed by atoms with E-state index in [9.17, 15) is 9.59 Å². The molecule has 0 aliphatic carbocycles. The number of carbonyl (C=O) groups excluding carboxylic acids is 1. The maximum absolute atomic E-state index is 11.6. The number of hydrogen-bond acceptors (Lipinski definition) is 2. The normalized spacial score (nSPS) is 12.6. The molecule has 3 heteroatoms. The van der Waals surface area contributed by atoms with Gasteiger partial charge in [-0.3, -0.25) is 9.59 Å². The molecule has 0 fully saturated rings. The second kappa shape index (κ2) is 14.8.